The summed E-state index contributed by atoms with van der Waals surface area (Å²) in [4.78, 5) is 0.641. The van der Waals surface area contributed by atoms with E-state index < -0.39 is 0 Å². The van der Waals surface area contributed by atoms with E-state index in [1.165, 1.54) is 12.5 Å². The summed E-state index contributed by atoms with van der Waals surface area (Å²) in [5, 5.41) is 0. The lowest BCUT2D eigenvalue weighted by molar-refractivity contribution is 0.114. The molecule has 3 heteroatoms. The van der Waals surface area contributed by atoms with Crippen LogP contribution in [0.3, 0.4) is 0 Å². The Labute approximate surface area is 96.1 Å². The summed E-state index contributed by atoms with van der Waals surface area (Å²) in [6.07, 6.45) is 3.38. The Bertz CT molecular complexity index is 302. The van der Waals surface area contributed by atoms with Crippen LogP contribution in [0.1, 0.15) is 31.7 Å². The number of hydrogen-bond donors (Lipinski definition) is 1. The molecule has 0 atom stereocenters. The van der Waals surface area contributed by atoms with Gasteiger partial charge in [0.1, 0.15) is 5.82 Å². The molecule has 0 N–H and O–H groups in total. The summed E-state index contributed by atoms with van der Waals surface area (Å²) in [6.45, 7) is 3.20. The molecule has 0 saturated heterocycles. The number of halogens is 1. The van der Waals surface area contributed by atoms with Gasteiger partial charge in [-0.3, -0.25) is 0 Å². The smallest absolute Gasteiger partial charge is 0.129 e. The van der Waals surface area contributed by atoms with E-state index in [0.717, 1.165) is 12.8 Å². The molecule has 1 aromatic rings. The molecule has 1 aromatic carbocycles. The van der Waals surface area contributed by atoms with Crippen molar-refractivity contribution in [2.24, 2.45) is 0 Å². The zero-order chi connectivity index (χ0) is 11.1. The van der Waals surface area contributed by atoms with Crippen LogP contribution in [0.25, 0.3) is 0 Å². The molecule has 0 aliphatic carbocycles. The van der Waals surface area contributed by atoms with Gasteiger partial charge in [0.25, 0.3) is 0 Å². The monoisotopic (exact) mass is 228 g/mol. The van der Waals surface area contributed by atoms with Crippen LogP contribution in [-0.4, -0.2) is 6.61 Å². The van der Waals surface area contributed by atoms with Crippen LogP contribution in [0.2, 0.25) is 0 Å². The first-order chi connectivity index (χ1) is 7.24. The van der Waals surface area contributed by atoms with Gasteiger partial charge in [0.05, 0.1) is 6.61 Å². The fraction of sp³-hybridized carbons (Fsp3) is 0.500. The van der Waals surface area contributed by atoms with Crippen LogP contribution >= 0.6 is 12.6 Å². The molecule has 0 aromatic heterocycles. The molecule has 0 radical (unpaired) electrons. The molecule has 84 valence electrons. The summed E-state index contributed by atoms with van der Waals surface area (Å²) < 4.78 is 18.7. The van der Waals surface area contributed by atoms with E-state index in [2.05, 4.69) is 19.6 Å². The largest absolute Gasteiger partial charge is 0.377 e. The van der Waals surface area contributed by atoms with Gasteiger partial charge in [0.2, 0.25) is 0 Å². The standard InChI is InChI=1S/C12H17FOS/c1-2-3-4-7-14-9-10-5-6-11(15)8-12(10)13/h5-6,8,15H,2-4,7,9H2,1H3. The topological polar surface area (TPSA) is 9.23 Å². The van der Waals surface area contributed by atoms with Crippen molar-refractivity contribution in [3.05, 3.63) is 29.6 Å². The van der Waals surface area contributed by atoms with Crippen LogP contribution < -0.4 is 0 Å². The van der Waals surface area contributed by atoms with Crippen molar-refractivity contribution < 1.29 is 9.13 Å². The molecule has 0 heterocycles. The number of ether oxygens (including phenoxy) is 1. The summed E-state index contributed by atoms with van der Waals surface area (Å²) in [5.41, 5.74) is 0.601. The highest BCUT2D eigenvalue weighted by Gasteiger charge is 2.01. The summed E-state index contributed by atoms with van der Waals surface area (Å²) >= 11 is 4.06. The number of thiol groups is 1. The molecular formula is C12H17FOS. The SMILES string of the molecule is CCCCCOCc1ccc(S)cc1F. The van der Waals surface area contributed by atoms with E-state index in [9.17, 15) is 4.39 Å². The van der Waals surface area contributed by atoms with Gasteiger partial charge in [-0.15, -0.1) is 12.6 Å². The lowest BCUT2D eigenvalue weighted by Crippen LogP contribution is -1.98. The lowest BCUT2D eigenvalue weighted by Gasteiger charge is -2.05. The Balaban J connectivity index is 2.31. The Morgan fingerprint density at radius 2 is 2.13 bits per heavy atom. The molecule has 1 rings (SSSR count). The number of rotatable bonds is 6. The van der Waals surface area contributed by atoms with E-state index in [1.54, 1.807) is 12.1 Å². The maximum absolute atomic E-state index is 13.3. The molecule has 0 aliphatic rings. The Morgan fingerprint density at radius 3 is 2.80 bits per heavy atom. The first kappa shape index (κ1) is 12.5. The fourth-order valence-electron chi connectivity index (χ4n) is 1.29. The average molecular weight is 228 g/mol. The molecule has 0 unspecified atom stereocenters. The van der Waals surface area contributed by atoms with Gasteiger partial charge in [-0.25, -0.2) is 4.39 Å². The Morgan fingerprint density at radius 1 is 1.33 bits per heavy atom. The first-order valence-electron chi connectivity index (χ1n) is 5.29. The van der Waals surface area contributed by atoms with Gasteiger partial charge in [0.15, 0.2) is 0 Å². The normalized spacial score (nSPS) is 10.6. The molecule has 0 aliphatic heterocycles. The van der Waals surface area contributed by atoms with E-state index in [1.807, 2.05) is 0 Å². The van der Waals surface area contributed by atoms with Crippen LogP contribution in [0.5, 0.6) is 0 Å². The van der Waals surface area contributed by atoms with Crippen molar-refractivity contribution in [2.45, 2.75) is 37.7 Å². The van der Waals surface area contributed by atoms with E-state index in [4.69, 9.17) is 4.74 Å². The molecule has 1 nitrogen and oxygen atoms in total. The third kappa shape index (κ3) is 4.67. The predicted molar refractivity (Wildman–Crippen MR) is 62.8 cm³/mol. The zero-order valence-electron chi connectivity index (χ0n) is 9.00. The average Bonchev–Trinajstić information content (AvgIpc) is 2.20. The zero-order valence-corrected chi connectivity index (χ0v) is 9.90. The molecule has 15 heavy (non-hydrogen) atoms. The molecule has 0 amide bonds. The molecule has 0 saturated carbocycles. The van der Waals surface area contributed by atoms with Crippen molar-refractivity contribution in [3.8, 4) is 0 Å². The number of unbranched alkanes of at least 4 members (excludes halogenated alkanes) is 2. The van der Waals surface area contributed by atoms with E-state index in [0.29, 0.717) is 23.7 Å². The quantitative estimate of drug-likeness (QED) is 0.575. The van der Waals surface area contributed by atoms with E-state index >= 15 is 0 Å². The second-order valence-electron chi connectivity index (χ2n) is 3.54. The van der Waals surface area contributed by atoms with Crippen LogP contribution in [0, 0.1) is 5.82 Å². The van der Waals surface area contributed by atoms with Gasteiger partial charge < -0.3 is 4.74 Å². The third-order valence-electron chi connectivity index (χ3n) is 2.19. The van der Waals surface area contributed by atoms with Crippen molar-refractivity contribution in [2.75, 3.05) is 6.61 Å². The Hall–Kier alpha value is -0.540. The highest BCUT2D eigenvalue weighted by atomic mass is 32.1. The summed E-state index contributed by atoms with van der Waals surface area (Å²) in [6, 6.07) is 4.91. The predicted octanol–water partition coefficient (Wildman–Crippen LogP) is 3.82. The van der Waals surface area contributed by atoms with Gasteiger partial charge in [-0.05, 0) is 18.6 Å². The third-order valence-corrected chi connectivity index (χ3v) is 2.46. The molecular weight excluding hydrogens is 211 g/mol. The van der Waals surface area contributed by atoms with E-state index in [-0.39, 0.29) is 5.82 Å². The van der Waals surface area contributed by atoms with Crippen molar-refractivity contribution in [1.82, 2.24) is 0 Å². The van der Waals surface area contributed by atoms with Gasteiger partial charge in [-0.1, -0.05) is 25.8 Å². The summed E-state index contributed by atoms with van der Waals surface area (Å²) in [7, 11) is 0. The molecule has 0 spiro atoms. The highest BCUT2D eigenvalue weighted by molar-refractivity contribution is 7.80. The van der Waals surface area contributed by atoms with Gasteiger partial charge in [0, 0.05) is 17.1 Å². The second kappa shape index (κ2) is 6.85. The maximum Gasteiger partial charge on any atom is 0.129 e. The van der Waals surface area contributed by atoms with Crippen LogP contribution in [0.4, 0.5) is 4.39 Å². The van der Waals surface area contributed by atoms with Gasteiger partial charge >= 0.3 is 0 Å². The van der Waals surface area contributed by atoms with Gasteiger partial charge in [-0.2, -0.15) is 0 Å². The highest BCUT2D eigenvalue weighted by Crippen LogP contribution is 2.14. The Kier molecular flexibility index (Phi) is 5.73. The molecule has 0 bridgehead atoms. The van der Waals surface area contributed by atoms with Crippen LogP contribution in [-0.2, 0) is 11.3 Å². The number of hydrogen-bond acceptors (Lipinski definition) is 2. The first-order valence-corrected chi connectivity index (χ1v) is 5.74. The molecule has 0 fully saturated rings. The number of benzene rings is 1. The van der Waals surface area contributed by atoms with Crippen molar-refractivity contribution >= 4 is 12.6 Å². The lowest BCUT2D eigenvalue weighted by atomic mass is 10.2. The second-order valence-corrected chi connectivity index (χ2v) is 4.05. The fourth-order valence-corrected chi connectivity index (χ4v) is 1.48. The minimum atomic E-state index is -0.238. The van der Waals surface area contributed by atoms with Crippen molar-refractivity contribution in [3.63, 3.8) is 0 Å². The minimum Gasteiger partial charge on any atom is -0.377 e. The maximum atomic E-state index is 13.3. The summed E-state index contributed by atoms with van der Waals surface area (Å²) in [5.74, 6) is -0.238. The van der Waals surface area contributed by atoms with Crippen LogP contribution in [0.15, 0.2) is 23.1 Å². The van der Waals surface area contributed by atoms with Crippen molar-refractivity contribution in [1.29, 1.82) is 0 Å². The minimum absolute atomic E-state index is 0.238.